The molecule has 8 rings (SSSR count). The van der Waals surface area contributed by atoms with Crippen LogP contribution in [0.25, 0.3) is 0 Å². The van der Waals surface area contributed by atoms with Gasteiger partial charge < -0.3 is 17.0 Å². The number of aryl methyl sites for hydroxylation is 2. The molecule has 0 aromatic heterocycles. The van der Waals surface area contributed by atoms with Crippen molar-refractivity contribution < 1.29 is 17.0 Å². The minimum Gasteiger partial charge on any atom is -1.00 e. The number of halogens is 2. The molecule has 0 heterocycles. The molecule has 0 unspecified atom stereocenters. The van der Waals surface area contributed by atoms with E-state index in [1.807, 2.05) is 0 Å². The van der Waals surface area contributed by atoms with E-state index in [1.54, 1.807) is 21.2 Å². The van der Waals surface area contributed by atoms with Crippen LogP contribution >= 0.6 is 30.4 Å². The summed E-state index contributed by atoms with van der Waals surface area (Å²) in [6.07, 6.45) is 2.17. The van der Waals surface area contributed by atoms with E-state index >= 15 is 0 Å². The summed E-state index contributed by atoms with van der Waals surface area (Å²) < 4.78 is 0. The summed E-state index contributed by atoms with van der Waals surface area (Å²) in [6.45, 7) is 9.09. The van der Waals surface area contributed by atoms with Crippen molar-refractivity contribution in [2.75, 3.05) is 0 Å². The van der Waals surface area contributed by atoms with Gasteiger partial charge in [-0.05, 0) is 55.5 Å². The summed E-state index contributed by atoms with van der Waals surface area (Å²) in [6, 6.07) is 89.6. The average Bonchev–Trinajstić information content (AvgIpc) is 3.33. The van der Waals surface area contributed by atoms with Crippen molar-refractivity contribution in [3.05, 3.63) is 242 Å². The predicted octanol–water partition coefficient (Wildman–Crippen LogP) is 9.67. The van der Waals surface area contributed by atoms with Crippen molar-refractivity contribution in [1.82, 2.24) is 0 Å². The number of benzene rings is 8. The number of rotatable bonds is 15. The number of hydrogen-bond acceptors (Lipinski definition) is 0. The molecule has 0 aliphatic heterocycles. The predicted molar refractivity (Wildman–Crippen MR) is 289 cm³/mol. The van der Waals surface area contributed by atoms with Crippen LogP contribution in [0, 0.1) is 13.8 Å². The van der Waals surface area contributed by atoms with Gasteiger partial charge in [-0.3, -0.25) is 0 Å². The van der Waals surface area contributed by atoms with Crippen LogP contribution in [-0.4, -0.2) is 8.46 Å². The van der Waals surface area contributed by atoms with Crippen LogP contribution in [0.5, 0.6) is 0 Å². The summed E-state index contributed by atoms with van der Waals surface area (Å²) in [4.78, 5) is 0. The first-order valence-electron chi connectivity index (χ1n) is 22.4. The monoisotopic (exact) mass is 1010 g/mol. The van der Waals surface area contributed by atoms with Gasteiger partial charge in [0.05, 0.1) is 0 Å². The normalized spacial score (nSPS) is 11.8. The van der Waals surface area contributed by atoms with E-state index in [1.165, 1.54) is 70.1 Å². The Hall–Kier alpha value is -4.20. The third-order valence-electron chi connectivity index (χ3n) is 12.8. The van der Waals surface area contributed by atoms with Gasteiger partial charge in [-0.25, -0.2) is 0 Å². The summed E-state index contributed by atoms with van der Waals surface area (Å²) in [5, 5.41) is 11.8. The van der Waals surface area contributed by atoms with Crippen molar-refractivity contribution >= 4 is 81.3 Å². The average molecular weight is 1010 g/mol. The Bertz CT molecular complexity index is 2300. The molecule has 5 heteroatoms. The van der Waals surface area contributed by atoms with Gasteiger partial charge in [0.15, 0.2) is 0 Å². The Morgan fingerprint density at radius 2 is 0.603 bits per heavy atom. The molecule has 0 saturated carbocycles. The van der Waals surface area contributed by atoms with Crippen LogP contribution in [0.15, 0.2) is 231 Å². The van der Waals surface area contributed by atoms with Gasteiger partial charge >= 0.3 is 215 Å². The fourth-order valence-electron chi connectivity index (χ4n) is 9.96. The molecular formula is C58H64Br2P2Si. The molecular weight excluding hydrogens is 946 g/mol. The summed E-state index contributed by atoms with van der Waals surface area (Å²) in [5.41, 5.74) is 2.63. The van der Waals surface area contributed by atoms with Crippen molar-refractivity contribution in [2.24, 2.45) is 0 Å². The maximum atomic E-state index is 2.50. The number of hydrogen-bond donors (Lipinski definition) is 0. The van der Waals surface area contributed by atoms with Crippen molar-refractivity contribution in [1.29, 1.82) is 0 Å². The van der Waals surface area contributed by atoms with E-state index in [0.29, 0.717) is 0 Å². The van der Waals surface area contributed by atoms with E-state index < -0.39 is 21.9 Å². The van der Waals surface area contributed by atoms with Gasteiger partial charge in [0.25, 0.3) is 0 Å². The van der Waals surface area contributed by atoms with Gasteiger partial charge in [0.1, 0.15) is 28.5 Å². The Labute approximate surface area is 402 Å². The maximum Gasteiger partial charge on any atom is 0.144 e. The summed E-state index contributed by atoms with van der Waals surface area (Å²) in [7, 11) is -3.37. The van der Waals surface area contributed by atoms with E-state index in [4.69, 9.17) is 0 Å². The molecule has 63 heavy (non-hydrogen) atoms. The Morgan fingerprint density at radius 1 is 0.349 bits per heavy atom. The fourth-order valence-corrected chi connectivity index (χ4v) is 35.2. The Kier molecular flexibility index (Phi) is 18.7. The molecule has 0 aliphatic rings. The van der Waals surface area contributed by atoms with E-state index in [0.717, 1.165) is 0 Å². The zero-order valence-corrected chi connectivity index (χ0v) is 43.7. The van der Waals surface area contributed by atoms with E-state index in [9.17, 15) is 0 Å². The standard InChI is InChI=1S/C33H41PSi.C25H22P.2BrH/c1-4-6-27-35(28-7-5-2)34(30-17-11-8-12-18-30,31-19-13-9-14-20-31,32-21-15-10-16-22-32)33-25-23-29(3)24-26-33;1-21-17-19-25(20-18-21)26(22-11-5-2-6-12-22,23-13-7-3-8-14-23)24-15-9-4-10-16-24;;/h8-26,35H,4-7,27-28H2,1-3H3;2-20H,1H3;2*1H/q;+1;;/p-1. The minimum atomic E-state index is -2.98. The molecule has 0 saturated heterocycles. The molecule has 0 radical (unpaired) electrons. The second-order valence-electron chi connectivity index (χ2n) is 16.5. The molecule has 0 nitrogen and oxygen atoms in total. The first-order valence-corrected chi connectivity index (χ1v) is 29.7. The topological polar surface area (TPSA) is 0 Å². The molecule has 0 atom stereocenters. The smallest absolute Gasteiger partial charge is 0.144 e. The van der Waals surface area contributed by atoms with E-state index in [-0.39, 0.29) is 34.0 Å². The third kappa shape index (κ3) is 9.76. The SMILES string of the molecule is Br.CCCC[SiH](CCCC)P(c1ccccc1)(c1ccccc1)(c1ccccc1)c1ccc(C)cc1.Cc1ccc([P+](c2ccccc2)(c2ccccc2)c2ccccc2)cc1.[Br-]. The summed E-state index contributed by atoms with van der Waals surface area (Å²) in [5.74, 6) is 0. The van der Waals surface area contributed by atoms with Crippen LogP contribution in [0.2, 0.25) is 12.1 Å². The first-order chi connectivity index (χ1) is 30.0. The van der Waals surface area contributed by atoms with Crippen molar-refractivity contribution in [3.8, 4) is 0 Å². The second-order valence-corrected chi connectivity index (χ2v) is 32.1. The maximum absolute atomic E-state index is 2.98. The van der Waals surface area contributed by atoms with Crippen molar-refractivity contribution in [3.63, 3.8) is 0 Å². The van der Waals surface area contributed by atoms with Gasteiger partial charge in [0.2, 0.25) is 0 Å². The summed E-state index contributed by atoms with van der Waals surface area (Å²) >= 11 is 0. The van der Waals surface area contributed by atoms with Crippen LogP contribution in [0.4, 0.5) is 0 Å². The zero-order valence-electron chi connectivity index (χ0n) is 37.4. The van der Waals surface area contributed by atoms with Crippen LogP contribution < -0.4 is 59.4 Å². The molecule has 0 N–H and O–H groups in total. The molecule has 0 aliphatic carbocycles. The molecule has 8 aromatic rings. The van der Waals surface area contributed by atoms with Gasteiger partial charge in [-0.2, -0.15) is 0 Å². The zero-order chi connectivity index (χ0) is 42.4. The minimum absolute atomic E-state index is 0. The molecule has 8 aromatic carbocycles. The Balaban J connectivity index is 0.000000239. The molecule has 0 fully saturated rings. The van der Waals surface area contributed by atoms with Crippen LogP contribution in [0.3, 0.4) is 0 Å². The second kappa shape index (κ2) is 23.6. The first kappa shape index (κ1) is 49.8. The van der Waals surface area contributed by atoms with Crippen LogP contribution in [-0.2, 0) is 0 Å². The molecule has 324 valence electrons. The third-order valence-corrected chi connectivity index (χ3v) is 35.7. The fraction of sp³-hybridized carbons (Fsp3) is 0.172. The Morgan fingerprint density at radius 3 is 0.905 bits per heavy atom. The largest absolute Gasteiger partial charge is 1.00 e. The van der Waals surface area contributed by atoms with Gasteiger partial charge in [-0.15, -0.1) is 17.0 Å². The van der Waals surface area contributed by atoms with Crippen molar-refractivity contribution in [2.45, 2.75) is 65.5 Å². The number of unbranched alkanes of at least 4 members (excludes halogenated alkanes) is 2. The molecule has 0 amide bonds. The quantitative estimate of drug-likeness (QED) is 0.0710. The van der Waals surface area contributed by atoms with Crippen LogP contribution in [0.1, 0.15) is 50.7 Å². The van der Waals surface area contributed by atoms with Gasteiger partial charge in [0, 0.05) is 0 Å². The van der Waals surface area contributed by atoms with E-state index in [2.05, 4.69) is 258 Å². The van der Waals surface area contributed by atoms with Gasteiger partial charge in [-0.1, -0.05) is 72.3 Å². The molecule has 0 bridgehead atoms. The molecule has 0 spiro atoms.